The number of likely N-dealkylation sites (tertiary alicyclic amines) is 1. The molecule has 2 aromatic heterocycles. The molecule has 3 heterocycles. The molecule has 7 heteroatoms. The molecule has 1 aliphatic heterocycles. The number of para-hydroxylation sites is 2. The fourth-order valence-corrected chi connectivity index (χ4v) is 3.57. The summed E-state index contributed by atoms with van der Waals surface area (Å²) in [5.74, 6) is 2.06. The maximum atomic E-state index is 12.7. The molecule has 3 aromatic rings. The zero-order valence-corrected chi connectivity index (χ0v) is 14.4. The first-order valence-electron chi connectivity index (χ1n) is 8.63. The van der Waals surface area contributed by atoms with Crippen molar-refractivity contribution in [2.75, 3.05) is 11.9 Å². The van der Waals surface area contributed by atoms with Gasteiger partial charge in [0.15, 0.2) is 5.82 Å². The zero-order valence-electron chi connectivity index (χ0n) is 14.4. The SMILES string of the molecule is CCn1c(C2CCCN2C(=O)Nc2cc(C)on2)nc2ccccc21. The number of nitrogens with one attached hydrogen (secondary N) is 1. The first-order chi connectivity index (χ1) is 12.2. The third-order valence-electron chi connectivity index (χ3n) is 4.67. The summed E-state index contributed by atoms with van der Waals surface area (Å²) in [6.07, 6.45) is 1.87. The Kier molecular flexibility index (Phi) is 3.91. The van der Waals surface area contributed by atoms with Crippen LogP contribution in [0.25, 0.3) is 11.0 Å². The number of carbonyl (C=O) groups is 1. The minimum Gasteiger partial charge on any atom is -0.360 e. The monoisotopic (exact) mass is 339 g/mol. The third kappa shape index (κ3) is 2.75. The van der Waals surface area contributed by atoms with E-state index < -0.39 is 0 Å². The molecule has 0 radical (unpaired) electrons. The van der Waals surface area contributed by atoms with Crippen LogP contribution in [-0.2, 0) is 6.54 Å². The summed E-state index contributed by atoms with van der Waals surface area (Å²) in [7, 11) is 0. The van der Waals surface area contributed by atoms with Crippen LogP contribution in [-0.4, -0.2) is 32.2 Å². The molecule has 0 aliphatic carbocycles. The quantitative estimate of drug-likeness (QED) is 0.789. The maximum Gasteiger partial charge on any atom is 0.323 e. The Morgan fingerprint density at radius 1 is 1.40 bits per heavy atom. The Labute approximate surface area is 145 Å². The number of benzene rings is 1. The predicted molar refractivity (Wildman–Crippen MR) is 94.3 cm³/mol. The molecule has 0 spiro atoms. The molecule has 7 nitrogen and oxygen atoms in total. The predicted octanol–water partition coefficient (Wildman–Crippen LogP) is 3.72. The second-order valence-electron chi connectivity index (χ2n) is 6.31. The van der Waals surface area contributed by atoms with Gasteiger partial charge in [-0.3, -0.25) is 5.32 Å². The van der Waals surface area contributed by atoms with Gasteiger partial charge in [-0.05, 0) is 38.8 Å². The number of hydrogen-bond donors (Lipinski definition) is 1. The van der Waals surface area contributed by atoms with Crippen molar-refractivity contribution in [3.8, 4) is 0 Å². The van der Waals surface area contributed by atoms with Gasteiger partial charge in [-0.1, -0.05) is 17.3 Å². The fraction of sp³-hybridized carbons (Fsp3) is 0.389. The van der Waals surface area contributed by atoms with Gasteiger partial charge in [0.1, 0.15) is 11.6 Å². The molecule has 1 fully saturated rings. The van der Waals surface area contributed by atoms with Crippen molar-refractivity contribution in [3.63, 3.8) is 0 Å². The van der Waals surface area contributed by atoms with Gasteiger partial charge in [-0.25, -0.2) is 9.78 Å². The van der Waals surface area contributed by atoms with Gasteiger partial charge in [-0.2, -0.15) is 0 Å². The van der Waals surface area contributed by atoms with Gasteiger partial charge < -0.3 is 14.0 Å². The molecule has 4 rings (SSSR count). The van der Waals surface area contributed by atoms with Crippen LogP contribution in [0.2, 0.25) is 0 Å². The van der Waals surface area contributed by atoms with Crippen molar-refractivity contribution in [1.29, 1.82) is 0 Å². The van der Waals surface area contributed by atoms with Crippen LogP contribution in [0.1, 0.15) is 37.4 Å². The van der Waals surface area contributed by atoms with E-state index in [1.165, 1.54) is 0 Å². The first-order valence-corrected chi connectivity index (χ1v) is 8.63. The van der Waals surface area contributed by atoms with E-state index in [1.54, 1.807) is 13.0 Å². The Morgan fingerprint density at radius 2 is 2.24 bits per heavy atom. The number of amides is 2. The highest BCUT2D eigenvalue weighted by atomic mass is 16.5. The summed E-state index contributed by atoms with van der Waals surface area (Å²) in [5, 5.41) is 6.66. The Hall–Kier alpha value is -2.83. The second kappa shape index (κ2) is 6.23. The molecule has 25 heavy (non-hydrogen) atoms. The lowest BCUT2D eigenvalue weighted by Gasteiger charge is -2.24. The summed E-state index contributed by atoms with van der Waals surface area (Å²) >= 11 is 0. The summed E-state index contributed by atoms with van der Waals surface area (Å²) in [5.41, 5.74) is 2.08. The molecule has 1 saturated heterocycles. The normalized spacial score (nSPS) is 17.4. The minimum atomic E-state index is -0.162. The molecule has 1 aromatic carbocycles. The van der Waals surface area contributed by atoms with Crippen molar-refractivity contribution in [3.05, 3.63) is 41.9 Å². The van der Waals surface area contributed by atoms with Crippen molar-refractivity contribution < 1.29 is 9.32 Å². The van der Waals surface area contributed by atoms with Crippen LogP contribution in [0.4, 0.5) is 10.6 Å². The Balaban J connectivity index is 1.64. The van der Waals surface area contributed by atoms with Gasteiger partial charge in [0, 0.05) is 19.2 Å². The molecular formula is C18H21N5O2. The van der Waals surface area contributed by atoms with Crippen LogP contribution in [0, 0.1) is 6.92 Å². The van der Waals surface area contributed by atoms with Crippen molar-refractivity contribution in [1.82, 2.24) is 19.6 Å². The van der Waals surface area contributed by atoms with Gasteiger partial charge in [0.05, 0.1) is 17.1 Å². The second-order valence-corrected chi connectivity index (χ2v) is 6.31. The van der Waals surface area contributed by atoms with Crippen LogP contribution in [0.15, 0.2) is 34.9 Å². The Bertz CT molecular complexity index is 913. The van der Waals surface area contributed by atoms with E-state index in [4.69, 9.17) is 9.51 Å². The molecule has 0 bridgehead atoms. The fourth-order valence-electron chi connectivity index (χ4n) is 3.57. The van der Waals surface area contributed by atoms with Crippen molar-refractivity contribution in [2.45, 2.75) is 39.3 Å². The van der Waals surface area contributed by atoms with Crippen LogP contribution < -0.4 is 5.32 Å². The number of hydrogen-bond acceptors (Lipinski definition) is 4. The average molecular weight is 339 g/mol. The van der Waals surface area contributed by atoms with Crippen LogP contribution in [0.3, 0.4) is 0 Å². The van der Waals surface area contributed by atoms with E-state index in [1.807, 2.05) is 23.1 Å². The van der Waals surface area contributed by atoms with Crippen LogP contribution in [0.5, 0.6) is 0 Å². The molecule has 1 aliphatic rings. The number of rotatable bonds is 3. The molecule has 0 saturated carbocycles. The zero-order chi connectivity index (χ0) is 17.4. The third-order valence-corrected chi connectivity index (χ3v) is 4.67. The molecule has 1 unspecified atom stereocenters. The smallest absolute Gasteiger partial charge is 0.323 e. The molecule has 1 N–H and O–H groups in total. The average Bonchev–Trinajstić information content (AvgIpc) is 3.31. The van der Waals surface area contributed by atoms with Gasteiger partial charge >= 0.3 is 6.03 Å². The van der Waals surface area contributed by atoms with E-state index in [2.05, 4.69) is 28.0 Å². The maximum absolute atomic E-state index is 12.7. The number of carbonyl (C=O) groups excluding carboxylic acids is 1. The Morgan fingerprint density at radius 3 is 3.00 bits per heavy atom. The van der Waals surface area contributed by atoms with E-state index in [0.717, 1.165) is 36.2 Å². The van der Waals surface area contributed by atoms with Crippen molar-refractivity contribution >= 4 is 22.9 Å². The number of urea groups is 1. The number of anilines is 1. The van der Waals surface area contributed by atoms with Gasteiger partial charge in [-0.15, -0.1) is 0 Å². The van der Waals surface area contributed by atoms with Gasteiger partial charge in [0.2, 0.25) is 0 Å². The van der Waals surface area contributed by atoms with E-state index in [9.17, 15) is 4.79 Å². The van der Waals surface area contributed by atoms with E-state index >= 15 is 0 Å². The highest BCUT2D eigenvalue weighted by Crippen LogP contribution is 2.33. The molecule has 1 atom stereocenters. The summed E-state index contributed by atoms with van der Waals surface area (Å²) in [4.78, 5) is 19.4. The standard InChI is InChI=1S/C18H21N5O2/c1-3-22-14-8-5-4-7-13(14)19-17(22)15-9-6-10-23(15)18(24)20-16-11-12(2)25-21-16/h4-5,7-8,11,15H,3,6,9-10H2,1-2H3,(H,20,21,24). The lowest BCUT2D eigenvalue weighted by molar-refractivity contribution is 0.203. The summed E-state index contributed by atoms with van der Waals surface area (Å²) in [6.45, 7) is 5.44. The summed E-state index contributed by atoms with van der Waals surface area (Å²) in [6, 6.07) is 9.63. The first kappa shape index (κ1) is 15.7. The molecule has 2 amide bonds. The lowest BCUT2D eigenvalue weighted by atomic mass is 10.2. The molecule has 130 valence electrons. The lowest BCUT2D eigenvalue weighted by Crippen LogP contribution is -2.35. The minimum absolute atomic E-state index is 0.0275. The number of imidazole rings is 1. The molecular weight excluding hydrogens is 318 g/mol. The van der Waals surface area contributed by atoms with Crippen molar-refractivity contribution in [2.24, 2.45) is 0 Å². The van der Waals surface area contributed by atoms with Crippen LogP contribution >= 0.6 is 0 Å². The van der Waals surface area contributed by atoms with E-state index in [-0.39, 0.29) is 12.1 Å². The summed E-state index contributed by atoms with van der Waals surface area (Å²) < 4.78 is 7.22. The number of aryl methyl sites for hydroxylation is 2. The number of nitrogens with zero attached hydrogens (tertiary/aromatic N) is 4. The topological polar surface area (TPSA) is 76.2 Å². The highest BCUT2D eigenvalue weighted by molar-refractivity contribution is 5.88. The number of aromatic nitrogens is 3. The largest absolute Gasteiger partial charge is 0.360 e. The highest BCUT2D eigenvalue weighted by Gasteiger charge is 2.33. The number of fused-ring (bicyclic) bond motifs is 1. The van der Waals surface area contributed by atoms with Gasteiger partial charge in [0.25, 0.3) is 0 Å². The van der Waals surface area contributed by atoms with E-state index in [0.29, 0.717) is 18.1 Å².